The lowest BCUT2D eigenvalue weighted by atomic mass is 10.1. The zero-order chi connectivity index (χ0) is 22.7. The van der Waals surface area contributed by atoms with Crippen LogP contribution in [0.3, 0.4) is 0 Å². The first kappa shape index (κ1) is 24.7. The number of amides is 2. The van der Waals surface area contributed by atoms with Crippen LogP contribution in [0.1, 0.15) is 16.8 Å². The molecule has 2 amide bonds. The molecule has 0 fully saturated rings. The fourth-order valence-electron chi connectivity index (χ4n) is 2.67. The molecule has 0 spiro atoms. The summed E-state index contributed by atoms with van der Waals surface area (Å²) in [7, 11) is -2.20. The Balaban J connectivity index is 1.87. The third-order valence-corrected chi connectivity index (χ3v) is 6.48. The van der Waals surface area contributed by atoms with Crippen molar-refractivity contribution in [1.29, 1.82) is 0 Å². The van der Waals surface area contributed by atoms with E-state index in [1.54, 1.807) is 48.2 Å². The molecule has 3 N–H and O–H groups in total. The summed E-state index contributed by atoms with van der Waals surface area (Å²) in [6.07, 6.45) is 2.38. The zero-order valence-electron chi connectivity index (χ0n) is 17.5. The smallest absolute Gasteiger partial charge is 0.251 e. The molecule has 0 saturated carbocycles. The monoisotopic (exact) mass is 465 g/mol. The fourth-order valence-corrected chi connectivity index (χ4v) is 4.17. The second-order valence-corrected chi connectivity index (χ2v) is 9.29. The maximum Gasteiger partial charge on any atom is 0.251 e. The number of benzene rings is 2. The number of hydrogen-bond donors (Lipinski definition) is 3. The second kappa shape index (κ2) is 12.3. The third kappa shape index (κ3) is 7.89. The van der Waals surface area contributed by atoms with Crippen molar-refractivity contribution in [2.75, 3.05) is 32.2 Å². The van der Waals surface area contributed by atoms with E-state index in [2.05, 4.69) is 15.4 Å². The summed E-state index contributed by atoms with van der Waals surface area (Å²) in [6, 6.07) is 13.9. The van der Waals surface area contributed by atoms with Gasteiger partial charge in [-0.1, -0.05) is 18.2 Å². The third-order valence-electron chi connectivity index (χ3n) is 4.35. The first-order chi connectivity index (χ1) is 14.9. The number of sulfonamides is 1. The molecule has 0 saturated heterocycles. The Hall–Kier alpha value is -2.56. The van der Waals surface area contributed by atoms with E-state index < -0.39 is 16.1 Å². The maximum atomic E-state index is 12.6. The topological polar surface area (TPSA) is 114 Å². The van der Waals surface area contributed by atoms with Crippen LogP contribution in [0, 0.1) is 0 Å². The second-order valence-electron chi connectivity index (χ2n) is 6.54. The van der Waals surface area contributed by atoms with Crippen molar-refractivity contribution in [3.8, 4) is 5.75 Å². The summed E-state index contributed by atoms with van der Waals surface area (Å²) < 4.78 is 32.1. The minimum absolute atomic E-state index is 0.0159. The van der Waals surface area contributed by atoms with Gasteiger partial charge >= 0.3 is 0 Å². The van der Waals surface area contributed by atoms with Crippen molar-refractivity contribution < 1.29 is 22.7 Å². The molecule has 2 rings (SSSR count). The summed E-state index contributed by atoms with van der Waals surface area (Å²) in [4.78, 5) is 25.0. The molecule has 2 aromatic rings. The molecule has 10 heteroatoms. The van der Waals surface area contributed by atoms with E-state index in [9.17, 15) is 18.0 Å². The Kier molecular flexibility index (Phi) is 9.83. The average molecular weight is 466 g/mol. The van der Waals surface area contributed by atoms with Crippen molar-refractivity contribution in [2.24, 2.45) is 0 Å². The summed E-state index contributed by atoms with van der Waals surface area (Å²) in [5.74, 6) is 0.557. The van der Waals surface area contributed by atoms with Crippen LogP contribution in [0.4, 0.5) is 0 Å². The van der Waals surface area contributed by atoms with Gasteiger partial charge in [0.15, 0.2) is 0 Å². The summed E-state index contributed by atoms with van der Waals surface area (Å²) >= 11 is 1.57. The number of rotatable bonds is 12. The van der Waals surface area contributed by atoms with E-state index in [0.717, 1.165) is 0 Å². The van der Waals surface area contributed by atoms with E-state index >= 15 is 0 Å². The number of methoxy groups -OCH3 is 1. The van der Waals surface area contributed by atoms with Gasteiger partial charge in [0.1, 0.15) is 11.8 Å². The average Bonchev–Trinajstić information content (AvgIpc) is 2.79. The van der Waals surface area contributed by atoms with E-state index in [0.29, 0.717) is 23.5 Å². The van der Waals surface area contributed by atoms with Gasteiger partial charge in [0, 0.05) is 18.7 Å². The molecular weight excluding hydrogens is 438 g/mol. The standard InChI is InChI=1S/C21H27N3O5S2/c1-29-17-8-10-18(11-9-17)31(27,28)23-14-13-22-21(26)19(12-15-30-2)24-20(25)16-6-4-3-5-7-16/h3-11,19,23H,12-15H2,1-2H3,(H,22,26)(H,24,25)/t19-/m1/s1. The molecule has 0 aliphatic carbocycles. The molecule has 0 aliphatic rings. The fraction of sp³-hybridized carbons (Fsp3) is 0.333. The van der Waals surface area contributed by atoms with Gasteiger partial charge in [0.25, 0.3) is 5.91 Å². The molecule has 0 heterocycles. The largest absolute Gasteiger partial charge is 0.497 e. The molecule has 8 nitrogen and oxygen atoms in total. The minimum Gasteiger partial charge on any atom is -0.497 e. The van der Waals surface area contributed by atoms with Crippen LogP contribution in [0.25, 0.3) is 0 Å². The molecule has 1 atom stereocenters. The van der Waals surface area contributed by atoms with Gasteiger partial charge in [0.2, 0.25) is 15.9 Å². The first-order valence-electron chi connectivity index (χ1n) is 9.63. The number of ether oxygens (including phenoxy) is 1. The number of hydrogen-bond acceptors (Lipinski definition) is 6. The van der Waals surface area contributed by atoms with Gasteiger partial charge in [-0.2, -0.15) is 11.8 Å². The van der Waals surface area contributed by atoms with Gasteiger partial charge in [-0.15, -0.1) is 0 Å². The van der Waals surface area contributed by atoms with E-state index in [1.807, 2.05) is 12.3 Å². The molecule has 0 aliphatic heterocycles. The Labute approximate surface area is 187 Å². The molecule has 0 unspecified atom stereocenters. The maximum absolute atomic E-state index is 12.6. The Morgan fingerprint density at radius 2 is 1.71 bits per heavy atom. The predicted octanol–water partition coefficient (Wildman–Crippen LogP) is 1.64. The molecule has 0 bridgehead atoms. The van der Waals surface area contributed by atoms with Crippen molar-refractivity contribution in [2.45, 2.75) is 17.4 Å². The highest BCUT2D eigenvalue weighted by molar-refractivity contribution is 7.98. The quantitative estimate of drug-likeness (QED) is 0.411. The van der Waals surface area contributed by atoms with Crippen molar-refractivity contribution in [3.05, 3.63) is 60.2 Å². The normalized spacial score (nSPS) is 12.1. The van der Waals surface area contributed by atoms with E-state index in [1.165, 1.54) is 19.2 Å². The SMILES string of the molecule is COc1ccc(S(=O)(=O)NCCNC(=O)[C@@H](CCSC)NC(=O)c2ccccc2)cc1. The summed E-state index contributed by atoms with van der Waals surface area (Å²) in [5.41, 5.74) is 0.469. The number of thioether (sulfide) groups is 1. The van der Waals surface area contributed by atoms with Crippen LogP contribution < -0.4 is 20.1 Å². The molecular formula is C21H27N3O5S2. The Morgan fingerprint density at radius 1 is 1.03 bits per heavy atom. The molecule has 0 radical (unpaired) electrons. The van der Waals surface area contributed by atoms with E-state index in [-0.39, 0.29) is 29.8 Å². The highest BCUT2D eigenvalue weighted by atomic mass is 32.2. The van der Waals surface area contributed by atoms with E-state index in [4.69, 9.17) is 4.74 Å². The molecule has 2 aromatic carbocycles. The number of nitrogens with one attached hydrogen (secondary N) is 3. The van der Waals surface area contributed by atoms with Gasteiger partial charge in [-0.05, 0) is 54.8 Å². The Bertz CT molecular complexity index is 951. The molecule has 0 aromatic heterocycles. The lowest BCUT2D eigenvalue weighted by molar-refractivity contribution is -0.122. The van der Waals surface area contributed by atoms with Gasteiger partial charge in [0.05, 0.1) is 12.0 Å². The van der Waals surface area contributed by atoms with Crippen LogP contribution in [0.5, 0.6) is 5.75 Å². The highest BCUT2D eigenvalue weighted by Crippen LogP contribution is 2.15. The van der Waals surface area contributed by atoms with Crippen LogP contribution in [0.15, 0.2) is 59.5 Å². The summed E-state index contributed by atoms with van der Waals surface area (Å²) in [5, 5.41) is 5.43. The predicted molar refractivity (Wildman–Crippen MR) is 122 cm³/mol. The van der Waals surface area contributed by atoms with Crippen LogP contribution in [0.2, 0.25) is 0 Å². The van der Waals surface area contributed by atoms with Crippen molar-refractivity contribution >= 4 is 33.6 Å². The van der Waals surface area contributed by atoms with Gasteiger partial charge in [-0.25, -0.2) is 13.1 Å². The van der Waals surface area contributed by atoms with Crippen molar-refractivity contribution in [3.63, 3.8) is 0 Å². The lowest BCUT2D eigenvalue weighted by Crippen LogP contribution is -2.48. The lowest BCUT2D eigenvalue weighted by Gasteiger charge is -2.18. The number of carbonyl (C=O) groups is 2. The number of carbonyl (C=O) groups excluding carboxylic acids is 2. The Morgan fingerprint density at radius 3 is 2.32 bits per heavy atom. The molecule has 31 heavy (non-hydrogen) atoms. The van der Waals surface area contributed by atoms with Crippen LogP contribution in [-0.2, 0) is 14.8 Å². The summed E-state index contributed by atoms with van der Waals surface area (Å²) in [6.45, 7) is 0.104. The zero-order valence-corrected chi connectivity index (χ0v) is 19.1. The first-order valence-corrected chi connectivity index (χ1v) is 12.5. The van der Waals surface area contributed by atoms with Crippen LogP contribution >= 0.6 is 11.8 Å². The molecule has 168 valence electrons. The van der Waals surface area contributed by atoms with Crippen molar-refractivity contribution in [1.82, 2.24) is 15.4 Å². The van der Waals surface area contributed by atoms with Gasteiger partial charge in [-0.3, -0.25) is 9.59 Å². The minimum atomic E-state index is -3.70. The highest BCUT2D eigenvalue weighted by Gasteiger charge is 2.21. The van der Waals surface area contributed by atoms with Gasteiger partial charge < -0.3 is 15.4 Å². The van der Waals surface area contributed by atoms with Crippen LogP contribution in [-0.4, -0.2) is 58.5 Å².